The summed E-state index contributed by atoms with van der Waals surface area (Å²) in [6.07, 6.45) is 3.45. The maximum absolute atomic E-state index is 11.0. The molecule has 0 fully saturated rings. The molecule has 140 valence electrons. The Morgan fingerprint density at radius 2 is 1.69 bits per heavy atom. The Balaban J connectivity index is 1.56. The van der Waals surface area contributed by atoms with E-state index in [9.17, 15) is 4.79 Å². The second-order valence-corrected chi connectivity index (χ2v) is 6.53. The van der Waals surface area contributed by atoms with E-state index in [1.54, 1.807) is 29.2 Å². The highest BCUT2D eigenvalue weighted by Gasteiger charge is 2.11. The fraction of sp³-hybridized carbons (Fsp3) is 0. The van der Waals surface area contributed by atoms with Crippen LogP contribution in [0.15, 0.2) is 79.1 Å². The molecule has 0 saturated heterocycles. The molecule has 2 heterocycles. The van der Waals surface area contributed by atoms with Crippen LogP contribution in [0.3, 0.4) is 0 Å². The van der Waals surface area contributed by atoms with E-state index in [0.717, 1.165) is 21.8 Å². The van der Waals surface area contributed by atoms with Crippen LogP contribution in [0.4, 0.5) is 11.6 Å². The molecule has 0 unspecified atom stereocenters. The van der Waals surface area contributed by atoms with Crippen molar-refractivity contribution in [2.24, 2.45) is 0 Å². The summed E-state index contributed by atoms with van der Waals surface area (Å²) in [7, 11) is 0. The molecule has 29 heavy (non-hydrogen) atoms. The first-order valence-electron chi connectivity index (χ1n) is 8.98. The first kappa shape index (κ1) is 16.9. The highest BCUT2D eigenvalue weighted by Crippen LogP contribution is 2.25. The predicted octanol–water partition coefficient (Wildman–Crippen LogP) is 4.41. The van der Waals surface area contributed by atoms with Gasteiger partial charge < -0.3 is 10.4 Å². The lowest BCUT2D eigenvalue weighted by atomic mass is 10.1. The molecule has 2 aromatic heterocycles. The van der Waals surface area contributed by atoms with Gasteiger partial charge in [0, 0.05) is 17.3 Å². The van der Waals surface area contributed by atoms with Crippen LogP contribution in [-0.2, 0) is 0 Å². The molecule has 0 spiro atoms. The van der Waals surface area contributed by atoms with Crippen LogP contribution in [0.5, 0.6) is 0 Å². The number of hydrogen-bond donors (Lipinski definition) is 2. The number of rotatable bonds is 4. The standard InChI is InChI=1S/C22H15N5O2/c28-21(29)15-8-10-17(11-9-15)25-22-23-12-16-13-24-27(20(16)26-22)19-7-3-5-14-4-1-2-6-18(14)19/h1-13H,(H,28,29)(H,23,25,26). The molecular weight excluding hydrogens is 366 g/mol. The Kier molecular flexibility index (Phi) is 3.91. The van der Waals surface area contributed by atoms with Crippen LogP contribution < -0.4 is 5.32 Å². The topological polar surface area (TPSA) is 92.9 Å². The number of aromatic nitrogens is 4. The minimum absolute atomic E-state index is 0.223. The van der Waals surface area contributed by atoms with Crippen molar-refractivity contribution in [2.45, 2.75) is 0 Å². The van der Waals surface area contributed by atoms with Crippen molar-refractivity contribution in [1.29, 1.82) is 0 Å². The van der Waals surface area contributed by atoms with Crippen molar-refractivity contribution < 1.29 is 9.90 Å². The van der Waals surface area contributed by atoms with Gasteiger partial charge in [-0.2, -0.15) is 10.1 Å². The third-order valence-electron chi connectivity index (χ3n) is 4.69. The third kappa shape index (κ3) is 3.04. The highest BCUT2D eigenvalue weighted by atomic mass is 16.4. The lowest BCUT2D eigenvalue weighted by Gasteiger charge is -2.09. The van der Waals surface area contributed by atoms with E-state index in [4.69, 9.17) is 5.11 Å². The van der Waals surface area contributed by atoms with Crippen molar-refractivity contribution in [3.8, 4) is 5.69 Å². The lowest BCUT2D eigenvalue weighted by molar-refractivity contribution is 0.0697. The van der Waals surface area contributed by atoms with Gasteiger partial charge in [-0.3, -0.25) is 0 Å². The summed E-state index contributed by atoms with van der Waals surface area (Å²) in [6.45, 7) is 0. The summed E-state index contributed by atoms with van der Waals surface area (Å²) in [4.78, 5) is 20.0. The van der Waals surface area contributed by atoms with Gasteiger partial charge in [0.15, 0.2) is 5.65 Å². The molecule has 0 radical (unpaired) electrons. The number of anilines is 2. The van der Waals surface area contributed by atoms with Crippen LogP contribution in [0, 0.1) is 0 Å². The minimum Gasteiger partial charge on any atom is -0.478 e. The SMILES string of the molecule is O=C(O)c1ccc(Nc2ncc3cnn(-c4cccc5ccccc45)c3n2)cc1. The molecular formula is C22H15N5O2. The van der Waals surface area contributed by atoms with E-state index in [1.165, 1.54) is 12.1 Å². The second-order valence-electron chi connectivity index (χ2n) is 6.53. The Hall–Kier alpha value is -4.26. The molecule has 0 aliphatic heterocycles. The maximum Gasteiger partial charge on any atom is 0.335 e. The summed E-state index contributed by atoms with van der Waals surface area (Å²) in [6, 6.07) is 20.6. The Bertz CT molecular complexity index is 1350. The Labute approximate surface area is 165 Å². The van der Waals surface area contributed by atoms with E-state index in [2.05, 4.69) is 38.6 Å². The first-order valence-corrected chi connectivity index (χ1v) is 8.98. The van der Waals surface area contributed by atoms with Gasteiger partial charge in [0.25, 0.3) is 0 Å². The highest BCUT2D eigenvalue weighted by molar-refractivity contribution is 5.92. The third-order valence-corrected chi connectivity index (χ3v) is 4.69. The van der Waals surface area contributed by atoms with E-state index in [-0.39, 0.29) is 5.56 Å². The summed E-state index contributed by atoms with van der Waals surface area (Å²) in [5.74, 6) is -0.559. The van der Waals surface area contributed by atoms with Gasteiger partial charge in [0.2, 0.25) is 5.95 Å². The number of carboxylic acid groups (broad SMARTS) is 1. The van der Waals surface area contributed by atoms with Gasteiger partial charge in [0.05, 0.1) is 22.8 Å². The quantitative estimate of drug-likeness (QED) is 0.479. The van der Waals surface area contributed by atoms with Gasteiger partial charge in [-0.1, -0.05) is 36.4 Å². The van der Waals surface area contributed by atoms with Gasteiger partial charge in [-0.05, 0) is 35.7 Å². The van der Waals surface area contributed by atoms with Crippen LogP contribution >= 0.6 is 0 Å². The smallest absolute Gasteiger partial charge is 0.335 e. The second kappa shape index (κ2) is 6.72. The molecule has 7 heteroatoms. The molecule has 0 bridgehead atoms. The van der Waals surface area contributed by atoms with Crippen molar-refractivity contribution in [1.82, 2.24) is 19.7 Å². The van der Waals surface area contributed by atoms with Crippen LogP contribution in [-0.4, -0.2) is 30.8 Å². The monoisotopic (exact) mass is 381 g/mol. The van der Waals surface area contributed by atoms with Crippen LogP contribution in [0.2, 0.25) is 0 Å². The Morgan fingerprint density at radius 3 is 2.52 bits per heavy atom. The number of hydrogen-bond acceptors (Lipinski definition) is 5. The van der Waals surface area contributed by atoms with Gasteiger partial charge in [-0.25, -0.2) is 14.5 Å². The number of fused-ring (bicyclic) bond motifs is 2. The molecule has 3 aromatic carbocycles. The van der Waals surface area contributed by atoms with Crippen molar-refractivity contribution in [3.63, 3.8) is 0 Å². The van der Waals surface area contributed by atoms with Crippen molar-refractivity contribution in [3.05, 3.63) is 84.7 Å². The minimum atomic E-state index is -0.965. The molecule has 0 atom stereocenters. The Morgan fingerprint density at radius 1 is 0.897 bits per heavy atom. The van der Waals surface area contributed by atoms with E-state index >= 15 is 0 Å². The molecule has 0 aliphatic rings. The van der Waals surface area contributed by atoms with Gasteiger partial charge in [-0.15, -0.1) is 0 Å². The fourth-order valence-corrected chi connectivity index (χ4v) is 3.27. The largest absolute Gasteiger partial charge is 0.478 e. The molecule has 0 saturated carbocycles. The maximum atomic E-state index is 11.0. The average Bonchev–Trinajstić information content (AvgIpc) is 3.17. The summed E-state index contributed by atoms with van der Waals surface area (Å²) in [5.41, 5.74) is 2.54. The first-order chi connectivity index (χ1) is 14.2. The van der Waals surface area contributed by atoms with E-state index in [0.29, 0.717) is 17.3 Å². The normalized spacial score (nSPS) is 11.0. The predicted molar refractivity (Wildman–Crippen MR) is 111 cm³/mol. The molecule has 5 aromatic rings. The number of aromatic carboxylic acids is 1. The average molecular weight is 381 g/mol. The van der Waals surface area contributed by atoms with Crippen molar-refractivity contribution in [2.75, 3.05) is 5.32 Å². The van der Waals surface area contributed by atoms with Crippen molar-refractivity contribution >= 4 is 39.4 Å². The zero-order valence-corrected chi connectivity index (χ0v) is 15.1. The zero-order valence-electron chi connectivity index (χ0n) is 15.1. The molecule has 0 aliphatic carbocycles. The molecule has 0 amide bonds. The molecule has 5 rings (SSSR count). The van der Waals surface area contributed by atoms with Gasteiger partial charge >= 0.3 is 5.97 Å². The number of nitrogens with one attached hydrogen (secondary N) is 1. The van der Waals surface area contributed by atoms with Gasteiger partial charge in [0.1, 0.15) is 0 Å². The number of nitrogens with zero attached hydrogens (tertiary/aromatic N) is 4. The summed E-state index contributed by atoms with van der Waals surface area (Å²) >= 11 is 0. The molecule has 7 nitrogen and oxygen atoms in total. The number of benzene rings is 3. The zero-order chi connectivity index (χ0) is 19.8. The summed E-state index contributed by atoms with van der Waals surface area (Å²) < 4.78 is 1.80. The van der Waals surface area contributed by atoms with E-state index in [1.807, 2.05) is 24.3 Å². The van der Waals surface area contributed by atoms with Crippen LogP contribution in [0.25, 0.3) is 27.5 Å². The molecule has 2 N–H and O–H groups in total. The summed E-state index contributed by atoms with van der Waals surface area (Å²) in [5, 5.41) is 19.7. The lowest BCUT2D eigenvalue weighted by Crippen LogP contribution is -2.02. The van der Waals surface area contributed by atoms with Crippen LogP contribution in [0.1, 0.15) is 10.4 Å². The van der Waals surface area contributed by atoms with E-state index < -0.39 is 5.97 Å². The number of carbonyl (C=O) groups is 1. The fourth-order valence-electron chi connectivity index (χ4n) is 3.27. The number of carboxylic acids is 1.